The first-order chi connectivity index (χ1) is 9.90. The van der Waals surface area contributed by atoms with Crippen molar-refractivity contribution in [1.82, 2.24) is 15.3 Å². The van der Waals surface area contributed by atoms with Crippen molar-refractivity contribution >= 4 is 22.9 Å². The van der Waals surface area contributed by atoms with Crippen LogP contribution in [0.3, 0.4) is 0 Å². The summed E-state index contributed by atoms with van der Waals surface area (Å²) in [6, 6.07) is 3.64. The minimum atomic E-state index is 0.0527. The molecule has 21 heavy (non-hydrogen) atoms. The third-order valence-electron chi connectivity index (χ3n) is 2.80. The van der Waals surface area contributed by atoms with Gasteiger partial charge in [0.05, 0.1) is 17.3 Å². The summed E-state index contributed by atoms with van der Waals surface area (Å²) in [5.74, 6) is 0. The first kappa shape index (κ1) is 16.4. The number of nitrogens with one attached hydrogen (secondary N) is 1. The summed E-state index contributed by atoms with van der Waals surface area (Å²) in [6.45, 7) is 7.66. The van der Waals surface area contributed by atoms with Crippen LogP contribution < -0.4 is 5.32 Å². The zero-order valence-corrected chi connectivity index (χ0v) is 14.3. The van der Waals surface area contributed by atoms with Crippen LogP contribution in [0.4, 0.5) is 0 Å². The number of thiazole rings is 1. The SMILES string of the molecule is COCc1nc(-c2ncccc2Cl)sc1CNC(C)(C)C. The highest BCUT2D eigenvalue weighted by Crippen LogP contribution is 2.31. The molecule has 6 heteroatoms. The quantitative estimate of drug-likeness (QED) is 0.906. The van der Waals surface area contributed by atoms with Gasteiger partial charge in [-0.1, -0.05) is 11.6 Å². The van der Waals surface area contributed by atoms with Crippen LogP contribution in [-0.2, 0) is 17.9 Å². The van der Waals surface area contributed by atoms with Gasteiger partial charge in [-0.25, -0.2) is 4.98 Å². The molecule has 0 spiro atoms. The van der Waals surface area contributed by atoms with Gasteiger partial charge in [-0.2, -0.15) is 0 Å². The standard InChI is InChI=1S/C15H20ClN3OS/c1-15(2,3)18-8-12-11(9-20-4)19-14(21-12)13-10(16)6-5-7-17-13/h5-7,18H,8-9H2,1-4H3. The summed E-state index contributed by atoms with van der Waals surface area (Å²) in [5, 5.41) is 4.93. The van der Waals surface area contributed by atoms with E-state index in [-0.39, 0.29) is 5.54 Å². The van der Waals surface area contributed by atoms with Gasteiger partial charge in [0.25, 0.3) is 0 Å². The number of halogens is 1. The second kappa shape index (κ2) is 6.83. The van der Waals surface area contributed by atoms with Crippen LogP contribution in [0.15, 0.2) is 18.3 Å². The number of methoxy groups -OCH3 is 1. The number of ether oxygens (including phenoxy) is 1. The maximum absolute atomic E-state index is 6.20. The molecule has 0 unspecified atom stereocenters. The van der Waals surface area contributed by atoms with Crippen LogP contribution in [0.25, 0.3) is 10.7 Å². The number of hydrogen-bond acceptors (Lipinski definition) is 5. The van der Waals surface area contributed by atoms with Crippen molar-refractivity contribution in [1.29, 1.82) is 0 Å². The molecule has 2 aromatic heterocycles. The lowest BCUT2D eigenvalue weighted by Crippen LogP contribution is -2.35. The predicted molar refractivity (Wildman–Crippen MR) is 87.7 cm³/mol. The molecule has 2 heterocycles. The molecule has 0 saturated carbocycles. The fourth-order valence-corrected chi connectivity index (χ4v) is 3.04. The van der Waals surface area contributed by atoms with Crippen molar-refractivity contribution in [2.24, 2.45) is 0 Å². The molecular weight excluding hydrogens is 306 g/mol. The highest BCUT2D eigenvalue weighted by molar-refractivity contribution is 7.15. The Morgan fingerprint density at radius 1 is 1.38 bits per heavy atom. The van der Waals surface area contributed by atoms with E-state index in [1.54, 1.807) is 24.6 Å². The molecule has 2 aromatic rings. The number of nitrogens with zero attached hydrogens (tertiary/aromatic N) is 2. The van der Waals surface area contributed by atoms with Crippen molar-refractivity contribution in [2.75, 3.05) is 7.11 Å². The summed E-state index contributed by atoms with van der Waals surface area (Å²) < 4.78 is 5.24. The highest BCUT2D eigenvalue weighted by atomic mass is 35.5. The van der Waals surface area contributed by atoms with E-state index in [2.05, 4.69) is 36.1 Å². The Kier molecular flexibility index (Phi) is 5.32. The van der Waals surface area contributed by atoms with Crippen LogP contribution in [0.1, 0.15) is 31.3 Å². The van der Waals surface area contributed by atoms with Gasteiger partial charge in [-0.15, -0.1) is 11.3 Å². The largest absolute Gasteiger partial charge is 0.378 e. The fourth-order valence-electron chi connectivity index (χ4n) is 1.76. The third kappa shape index (κ3) is 4.48. The van der Waals surface area contributed by atoms with E-state index in [4.69, 9.17) is 16.3 Å². The monoisotopic (exact) mass is 325 g/mol. The number of rotatable bonds is 5. The third-order valence-corrected chi connectivity index (χ3v) is 4.21. The lowest BCUT2D eigenvalue weighted by Gasteiger charge is -2.20. The van der Waals surface area contributed by atoms with Gasteiger partial charge in [-0.05, 0) is 32.9 Å². The first-order valence-corrected chi connectivity index (χ1v) is 7.93. The minimum Gasteiger partial charge on any atom is -0.378 e. The number of hydrogen-bond donors (Lipinski definition) is 1. The van der Waals surface area contributed by atoms with Crippen LogP contribution in [0, 0.1) is 0 Å². The van der Waals surface area contributed by atoms with Crippen molar-refractivity contribution in [3.05, 3.63) is 33.9 Å². The van der Waals surface area contributed by atoms with Crippen molar-refractivity contribution in [3.63, 3.8) is 0 Å². The molecule has 0 amide bonds. The Labute approximate surface area is 134 Å². The zero-order chi connectivity index (χ0) is 15.5. The van der Waals surface area contributed by atoms with Crippen molar-refractivity contribution < 1.29 is 4.74 Å². The van der Waals surface area contributed by atoms with Gasteiger partial charge in [0, 0.05) is 30.3 Å². The summed E-state index contributed by atoms with van der Waals surface area (Å²) in [5.41, 5.74) is 1.72. The van der Waals surface area contributed by atoms with Gasteiger partial charge >= 0.3 is 0 Å². The van der Waals surface area contributed by atoms with E-state index in [1.165, 1.54) is 0 Å². The Morgan fingerprint density at radius 2 is 2.14 bits per heavy atom. The molecular formula is C15H20ClN3OS. The average Bonchev–Trinajstić information content (AvgIpc) is 2.80. The lowest BCUT2D eigenvalue weighted by molar-refractivity contribution is 0.181. The predicted octanol–water partition coefficient (Wildman–Crippen LogP) is 3.89. The minimum absolute atomic E-state index is 0.0527. The Bertz CT molecular complexity index is 607. The fraction of sp³-hybridized carbons (Fsp3) is 0.467. The Hall–Kier alpha value is -1.01. The van der Waals surface area contributed by atoms with Gasteiger partial charge in [-0.3, -0.25) is 4.98 Å². The van der Waals surface area contributed by atoms with E-state index in [0.717, 1.165) is 27.8 Å². The lowest BCUT2D eigenvalue weighted by atomic mass is 10.1. The van der Waals surface area contributed by atoms with Crippen LogP contribution in [0.5, 0.6) is 0 Å². The topological polar surface area (TPSA) is 47.0 Å². The molecule has 0 radical (unpaired) electrons. The second-order valence-corrected chi connectivity index (χ2v) is 7.25. The molecule has 0 aliphatic carbocycles. The molecule has 4 nitrogen and oxygen atoms in total. The molecule has 0 aromatic carbocycles. The summed E-state index contributed by atoms with van der Waals surface area (Å²) in [6.07, 6.45) is 1.73. The van der Waals surface area contributed by atoms with Gasteiger partial charge in [0.15, 0.2) is 0 Å². The van der Waals surface area contributed by atoms with Gasteiger partial charge in [0.1, 0.15) is 10.7 Å². The summed E-state index contributed by atoms with van der Waals surface area (Å²) >= 11 is 7.81. The first-order valence-electron chi connectivity index (χ1n) is 6.74. The Morgan fingerprint density at radius 3 is 2.76 bits per heavy atom. The summed E-state index contributed by atoms with van der Waals surface area (Å²) in [4.78, 5) is 10.1. The van der Waals surface area contributed by atoms with Crippen LogP contribution >= 0.6 is 22.9 Å². The summed E-state index contributed by atoms with van der Waals surface area (Å²) in [7, 11) is 1.67. The van der Waals surface area contributed by atoms with Gasteiger partial charge < -0.3 is 10.1 Å². The highest BCUT2D eigenvalue weighted by Gasteiger charge is 2.17. The molecule has 0 fully saturated rings. The zero-order valence-electron chi connectivity index (χ0n) is 12.7. The molecule has 2 rings (SSSR count). The van der Waals surface area contributed by atoms with Crippen molar-refractivity contribution in [2.45, 2.75) is 39.5 Å². The molecule has 1 N–H and O–H groups in total. The van der Waals surface area contributed by atoms with Crippen LogP contribution in [0.2, 0.25) is 5.02 Å². The Balaban J connectivity index is 2.30. The molecule has 0 bridgehead atoms. The van der Waals surface area contributed by atoms with Gasteiger partial charge in [0.2, 0.25) is 0 Å². The van der Waals surface area contributed by atoms with Crippen LogP contribution in [-0.4, -0.2) is 22.6 Å². The van der Waals surface area contributed by atoms with Crippen molar-refractivity contribution in [3.8, 4) is 10.7 Å². The smallest absolute Gasteiger partial charge is 0.144 e. The van der Waals surface area contributed by atoms with E-state index in [1.807, 2.05) is 12.1 Å². The second-order valence-electron chi connectivity index (χ2n) is 5.76. The maximum atomic E-state index is 6.20. The normalized spacial score (nSPS) is 11.9. The molecule has 0 saturated heterocycles. The molecule has 0 aliphatic heterocycles. The number of aromatic nitrogens is 2. The number of pyridine rings is 1. The molecule has 0 atom stereocenters. The molecule has 0 aliphatic rings. The van der Waals surface area contributed by atoms with E-state index >= 15 is 0 Å². The van der Waals surface area contributed by atoms with E-state index in [0.29, 0.717) is 11.6 Å². The van der Waals surface area contributed by atoms with E-state index in [9.17, 15) is 0 Å². The average molecular weight is 326 g/mol. The molecule has 114 valence electrons. The maximum Gasteiger partial charge on any atom is 0.144 e. The van der Waals surface area contributed by atoms with E-state index < -0.39 is 0 Å².